The lowest BCUT2D eigenvalue weighted by Crippen LogP contribution is -2.52. The molecule has 3 nitrogen and oxygen atoms in total. The molecule has 1 aromatic rings. The van der Waals surface area contributed by atoms with Crippen molar-refractivity contribution < 1.29 is 9.18 Å². The van der Waals surface area contributed by atoms with Gasteiger partial charge in [-0.15, -0.1) is 0 Å². The maximum Gasteiger partial charge on any atom is 0.244 e. The Morgan fingerprint density at radius 3 is 2.63 bits per heavy atom. The highest BCUT2D eigenvalue weighted by atomic mass is 19.1. The first kappa shape index (κ1) is 13.7. The maximum absolute atomic E-state index is 12.7. The van der Waals surface area contributed by atoms with Gasteiger partial charge in [-0.1, -0.05) is 12.1 Å². The SMILES string of the molecule is CC(CN)(NC(=O)/C=C/c1ccc(F)cc1)C1CC1. The van der Waals surface area contributed by atoms with Crippen molar-refractivity contribution in [1.82, 2.24) is 5.32 Å². The van der Waals surface area contributed by atoms with Gasteiger partial charge in [0.05, 0.1) is 5.54 Å². The van der Waals surface area contributed by atoms with Crippen LogP contribution in [0.15, 0.2) is 30.3 Å². The molecule has 1 amide bonds. The van der Waals surface area contributed by atoms with Gasteiger partial charge in [0.15, 0.2) is 0 Å². The number of hydrogen-bond acceptors (Lipinski definition) is 2. The molecule has 0 saturated heterocycles. The first-order valence-corrected chi connectivity index (χ1v) is 6.49. The average Bonchev–Trinajstić information content (AvgIpc) is 3.22. The Kier molecular flexibility index (Phi) is 4.00. The summed E-state index contributed by atoms with van der Waals surface area (Å²) in [5.74, 6) is 0.0379. The lowest BCUT2D eigenvalue weighted by Gasteiger charge is -2.28. The van der Waals surface area contributed by atoms with Gasteiger partial charge in [0.25, 0.3) is 0 Å². The molecule has 1 aliphatic carbocycles. The molecule has 1 atom stereocenters. The molecule has 0 heterocycles. The quantitative estimate of drug-likeness (QED) is 0.798. The summed E-state index contributed by atoms with van der Waals surface area (Å²) in [6.07, 6.45) is 5.37. The number of benzene rings is 1. The van der Waals surface area contributed by atoms with Gasteiger partial charge in [0.2, 0.25) is 5.91 Å². The van der Waals surface area contributed by atoms with Crippen molar-refractivity contribution in [2.75, 3.05) is 6.54 Å². The Hall–Kier alpha value is -1.68. The summed E-state index contributed by atoms with van der Waals surface area (Å²) < 4.78 is 12.7. The molecule has 1 aliphatic rings. The van der Waals surface area contributed by atoms with Crippen molar-refractivity contribution in [1.29, 1.82) is 0 Å². The Labute approximate surface area is 112 Å². The first-order chi connectivity index (χ1) is 9.03. The van der Waals surface area contributed by atoms with Gasteiger partial charge < -0.3 is 11.1 Å². The topological polar surface area (TPSA) is 55.1 Å². The minimum absolute atomic E-state index is 0.163. The summed E-state index contributed by atoms with van der Waals surface area (Å²) in [5.41, 5.74) is 6.21. The molecule has 0 aliphatic heterocycles. The molecule has 0 spiro atoms. The molecule has 1 saturated carbocycles. The Morgan fingerprint density at radius 1 is 1.47 bits per heavy atom. The summed E-state index contributed by atoms with van der Waals surface area (Å²) >= 11 is 0. The van der Waals surface area contributed by atoms with Gasteiger partial charge in [-0.05, 0) is 49.5 Å². The van der Waals surface area contributed by atoms with Crippen molar-refractivity contribution in [3.05, 3.63) is 41.7 Å². The van der Waals surface area contributed by atoms with Crippen LogP contribution in [0.4, 0.5) is 4.39 Å². The smallest absolute Gasteiger partial charge is 0.244 e. The van der Waals surface area contributed by atoms with E-state index in [0.717, 1.165) is 18.4 Å². The number of halogens is 1. The number of carbonyl (C=O) groups is 1. The highest BCUT2D eigenvalue weighted by Gasteiger charge is 2.41. The highest BCUT2D eigenvalue weighted by Crippen LogP contribution is 2.38. The molecule has 1 aromatic carbocycles. The van der Waals surface area contributed by atoms with E-state index in [9.17, 15) is 9.18 Å². The van der Waals surface area contributed by atoms with E-state index in [2.05, 4.69) is 5.32 Å². The molecule has 1 unspecified atom stereocenters. The van der Waals surface area contributed by atoms with Crippen LogP contribution in [0, 0.1) is 11.7 Å². The van der Waals surface area contributed by atoms with Crippen molar-refractivity contribution in [3.8, 4) is 0 Å². The molecular formula is C15H19FN2O. The Bertz CT molecular complexity index is 479. The molecule has 0 aromatic heterocycles. The van der Waals surface area contributed by atoms with E-state index in [1.807, 2.05) is 6.92 Å². The second-order valence-corrected chi connectivity index (χ2v) is 5.27. The molecule has 3 N–H and O–H groups in total. The van der Waals surface area contributed by atoms with E-state index in [1.54, 1.807) is 18.2 Å². The van der Waals surface area contributed by atoms with Gasteiger partial charge >= 0.3 is 0 Å². The first-order valence-electron chi connectivity index (χ1n) is 6.49. The van der Waals surface area contributed by atoms with Crippen LogP contribution in [0.5, 0.6) is 0 Å². The average molecular weight is 262 g/mol. The molecule has 0 bridgehead atoms. The number of hydrogen-bond donors (Lipinski definition) is 2. The standard InChI is InChI=1S/C15H19FN2O/c1-15(10-17,12-5-6-12)18-14(19)9-4-11-2-7-13(16)8-3-11/h2-4,7-9,12H,5-6,10,17H2,1H3,(H,18,19)/b9-4+. The number of nitrogens with two attached hydrogens (primary N) is 1. The van der Waals surface area contributed by atoms with Crippen LogP contribution >= 0.6 is 0 Å². The second kappa shape index (κ2) is 5.53. The zero-order valence-corrected chi connectivity index (χ0v) is 11.0. The fourth-order valence-electron chi connectivity index (χ4n) is 2.11. The number of nitrogens with one attached hydrogen (secondary N) is 1. The van der Waals surface area contributed by atoms with Crippen molar-refractivity contribution in [2.24, 2.45) is 11.7 Å². The third-order valence-electron chi connectivity index (χ3n) is 3.61. The summed E-state index contributed by atoms with van der Waals surface area (Å²) in [4.78, 5) is 11.9. The third kappa shape index (κ3) is 3.64. The number of carbonyl (C=O) groups excluding carboxylic acids is 1. The van der Waals surface area contributed by atoms with Crippen molar-refractivity contribution in [3.63, 3.8) is 0 Å². The van der Waals surface area contributed by atoms with Crippen LogP contribution < -0.4 is 11.1 Å². The Balaban J connectivity index is 1.95. The molecular weight excluding hydrogens is 243 g/mol. The summed E-state index contributed by atoms with van der Waals surface area (Å²) in [5, 5.41) is 2.96. The molecule has 4 heteroatoms. The van der Waals surface area contributed by atoms with E-state index >= 15 is 0 Å². The zero-order chi connectivity index (χ0) is 13.9. The predicted molar refractivity (Wildman–Crippen MR) is 73.8 cm³/mol. The van der Waals surface area contributed by atoms with Crippen LogP contribution in [-0.2, 0) is 4.79 Å². The molecule has 1 fully saturated rings. The second-order valence-electron chi connectivity index (χ2n) is 5.27. The van der Waals surface area contributed by atoms with Crippen molar-refractivity contribution in [2.45, 2.75) is 25.3 Å². The lowest BCUT2D eigenvalue weighted by molar-refractivity contribution is -0.118. The third-order valence-corrected chi connectivity index (χ3v) is 3.61. The van der Waals surface area contributed by atoms with Crippen LogP contribution in [0.3, 0.4) is 0 Å². The highest BCUT2D eigenvalue weighted by molar-refractivity contribution is 5.92. The van der Waals surface area contributed by atoms with Gasteiger partial charge in [0.1, 0.15) is 5.82 Å². The van der Waals surface area contributed by atoms with E-state index in [4.69, 9.17) is 5.73 Å². The number of rotatable bonds is 5. The summed E-state index contributed by atoms with van der Waals surface area (Å²) in [6, 6.07) is 5.99. The van der Waals surface area contributed by atoms with E-state index in [-0.39, 0.29) is 17.3 Å². The fraction of sp³-hybridized carbons (Fsp3) is 0.400. The summed E-state index contributed by atoms with van der Waals surface area (Å²) in [7, 11) is 0. The lowest BCUT2D eigenvalue weighted by atomic mass is 9.96. The van der Waals surface area contributed by atoms with Gasteiger partial charge in [-0.25, -0.2) is 4.39 Å². The van der Waals surface area contributed by atoms with E-state index < -0.39 is 0 Å². The molecule has 0 radical (unpaired) electrons. The van der Waals surface area contributed by atoms with Gasteiger partial charge in [0, 0.05) is 12.6 Å². The zero-order valence-electron chi connectivity index (χ0n) is 11.0. The largest absolute Gasteiger partial charge is 0.346 e. The van der Waals surface area contributed by atoms with Crippen LogP contribution in [0.25, 0.3) is 6.08 Å². The van der Waals surface area contributed by atoms with Crippen LogP contribution in [0.2, 0.25) is 0 Å². The minimum Gasteiger partial charge on any atom is -0.346 e. The van der Waals surface area contributed by atoms with E-state index in [1.165, 1.54) is 18.2 Å². The van der Waals surface area contributed by atoms with Gasteiger partial charge in [-0.3, -0.25) is 4.79 Å². The van der Waals surface area contributed by atoms with Crippen LogP contribution in [-0.4, -0.2) is 18.0 Å². The van der Waals surface area contributed by atoms with Crippen LogP contribution in [0.1, 0.15) is 25.3 Å². The molecule has 19 heavy (non-hydrogen) atoms. The predicted octanol–water partition coefficient (Wildman–Crippen LogP) is 2.08. The number of amides is 1. The van der Waals surface area contributed by atoms with Gasteiger partial charge in [-0.2, -0.15) is 0 Å². The maximum atomic E-state index is 12.7. The van der Waals surface area contributed by atoms with Crippen molar-refractivity contribution >= 4 is 12.0 Å². The Morgan fingerprint density at radius 2 is 2.11 bits per heavy atom. The monoisotopic (exact) mass is 262 g/mol. The molecule has 2 rings (SSSR count). The normalized spacial score (nSPS) is 18.3. The fourth-order valence-corrected chi connectivity index (χ4v) is 2.11. The summed E-state index contributed by atoms with van der Waals surface area (Å²) in [6.45, 7) is 2.42. The molecule has 102 valence electrons. The minimum atomic E-state index is -0.315. The van der Waals surface area contributed by atoms with E-state index in [0.29, 0.717) is 12.5 Å².